The summed E-state index contributed by atoms with van der Waals surface area (Å²) < 4.78 is 0. The number of benzene rings is 1. The Hall–Kier alpha value is -1.39. The standard InChI is InChI=1S/C15H22N2O2/c1-17(2)10-9-16-15(14(18)19)8-7-12-5-3-4-6-13(12)11-15/h3-6,16H,7-11H2,1-2H3,(H,18,19). The fourth-order valence-electron chi connectivity index (χ4n) is 2.66. The SMILES string of the molecule is CN(C)CCNC1(C(=O)O)CCc2ccccc2C1. The van der Waals surface area contributed by atoms with Gasteiger partial charge in [-0.1, -0.05) is 24.3 Å². The van der Waals surface area contributed by atoms with Crippen molar-refractivity contribution in [3.05, 3.63) is 35.4 Å². The van der Waals surface area contributed by atoms with Gasteiger partial charge >= 0.3 is 5.97 Å². The van der Waals surface area contributed by atoms with Crippen LogP contribution in [0.3, 0.4) is 0 Å². The number of aryl methyl sites for hydroxylation is 1. The zero-order valence-electron chi connectivity index (χ0n) is 11.6. The number of hydrogen-bond acceptors (Lipinski definition) is 3. The molecule has 4 heteroatoms. The van der Waals surface area contributed by atoms with Crippen molar-refractivity contribution in [2.24, 2.45) is 0 Å². The Balaban J connectivity index is 2.12. The maximum Gasteiger partial charge on any atom is 0.324 e. The first kappa shape index (κ1) is 14.0. The van der Waals surface area contributed by atoms with Crippen LogP contribution in [0.15, 0.2) is 24.3 Å². The second kappa shape index (κ2) is 5.72. The van der Waals surface area contributed by atoms with Crippen LogP contribution < -0.4 is 5.32 Å². The van der Waals surface area contributed by atoms with Gasteiger partial charge in [0, 0.05) is 19.5 Å². The molecular formula is C15H22N2O2. The molecule has 19 heavy (non-hydrogen) atoms. The predicted molar refractivity (Wildman–Crippen MR) is 75.4 cm³/mol. The van der Waals surface area contributed by atoms with Crippen molar-refractivity contribution in [2.75, 3.05) is 27.2 Å². The van der Waals surface area contributed by atoms with Crippen LogP contribution in [0.4, 0.5) is 0 Å². The molecule has 2 rings (SSSR count). The summed E-state index contributed by atoms with van der Waals surface area (Å²) in [5, 5.41) is 12.9. The van der Waals surface area contributed by atoms with E-state index in [4.69, 9.17) is 0 Å². The van der Waals surface area contributed by atoms with E-state index in [1.807, 2.05) is 32.3 Å². The first-order valence-electron chi connectivity index (χ1n) is 6.73. The van der Waals surface area contributed by atoms with E-state index in [0.717, 1.165) is 18.5 Å². The van der Waals surface area contributed by atoms with Gasteiger partial charge in [0.05, 0.1) is 0 Å². The predicted octanol–water partition coefficient (Wildman–Crippen LogP) is 1.15. The van der Waals surface area contributed by atoms with Crippen molar-refractivity contribution < 1.29 is 9.90 Å². The number of carboxylic acid groups (broad SMARTS) is 1. The largest absolute Gasteiger partial charge is 0.480 e. The van der Waals surface area contributed by atoms with E-state index in [2.05, 4.69) is 16.3 Å². The lowest BCUT2D eigenvalue weighted by atomic mass is 9.78. The maximum absolute atomic E-state index is 11.7. The summed E-state index contributed by atoms with van der Waals surface area (Å²) in [6.45, 7) is 1.54. The van der Waals surface area contributed by atoms with Crippen LogP contribution in [-0.2, 0) is 17.6 Å². The fraction of sp³-hybridized carbons (Fsp3) is 0.533. The number of rotatable bonds is 5. The fourth-order valence-corrected chi connectivity index (χ4v) is 2.66. The molecule has 0 saturated carbocycles. The van der Waals surface area contributed by atoms with Crippen molar-refractivity contribution in [3.63, 3.8) is 0 Å². The van der Waals surface area contributed by atoms with Gasteiger partial charge in [-0.3, -0.25) is 4.79 Å². The molecule has 1 aromatic carbocycles. The first-order valence-corrected chi connectivity index (χ1v) is 6.73. The number of likely N-dealkylation sites (N-methyl/N-ethyl adjacent to an activating group) is 1. The molecule has 0 aliphatic heterocycles. The van der Waals surface area contributed by atoms with Gasteiger partial charge in [-0.2, -0.15) is 0 Å². The Morgan fingerprint density at radius 1 is 1.37 bits per heavy atom. The van der Waals surface area contributed by atoms with Gasteiger partial charge in [-0.25, -0.2) is 0 Å². The van der Waals surface area contributed by atoms with Crippen molar-refractivity contribution in [3.8, 4) is 0 Å². The Morgan fingerprint density at radius 2 is 2.05 bits per heavy atom. The molecular weight excluding hydrogens is 240 g/mol. The molecule has 0 amide bonds. The average Bonchev–Trinajstić information content (AvgIpc) is 2.38. The molecule has 0 spiro atoms. The van der Waals surface area contributed by atoms with Crippen LogP contribution >= 0.6 is 0 Å². The highest BCUT2D eigenvalue weighted by atomic mass is 16.4. The highest BCUT2D eigenvalue weighted by Gasteiger charge is 2.40. The Kier molecular flexibility index (Phi) is 4.22. The van der Waals surface area contributed by atoms with E-state index in [9.17, 15) is 9.90 Å². The molecule has 4 nitrogen and oxygen atoms in total. The third-order valence-corrected chi connectivity index (χ3v) is 3.86. The van der Waals surface area contributed by atoms with E-state index in [1.165, 1.54) is 5.56 Å². The summed E-state index contributed by atoms with van der Waals surface area (Å²) in [4.78, 5) is 13.7. The van der Waals surface area contributed by atoms with Crippen LogP contribution in [0, 0.1) is 0 Å². The maximum atomic E-state index is 11.7. The van der Waals surface area contributed by atoms with E-state index in [-0.39, 0.29) is 0 Å². The van der Waals surface area contributed by atoms with Gasteiger partial charge in [-0.05, 0) is 38.1 Å². The number of carboxylic acids is 1. The molecule has 1 aliphatic carbocycles. The Morgan fingerprint density at radius 3 is 2.68 bits per heavy atom. The lowest BCUT2D eigenvalue weighted by molar-refractivity contribution is -0.145. The van der Waals surface area contributed by atoms with Crippen LogP contribution in [-0.4, -0.2) is 48.7 Å². The van der Waals surface area contributed by atoms with Crippen molar-refractivity contribution in [1.82, 2.24) is 10.2 Å². The van der Waals surface area contributed by atoms with Crippen LogP contribution in [0.2, 0.25) is 0 Å². The number of nitrogens with one attached hydrogen (secondary N) is 1. The molecule has 1 aliphatic rings. The van der Waals surface area contributed by atoms with E-state index in [1.54, 1.807) is 0 Å². The quantitative estimate of drug-likeness (QED) is 0.836. The minimum absolute atomic E-state index is 0.575. The second-order valence-electron chi connectivity index (χ2n) is 5.56. The molecule has 0 fully saturated rings. The molecule has 1 aromatic rings. The molecule has 0 bridgehead atoms. The first-order chi connectivity index (χ1) is 9.03. The van der Waals surface area contributed by atoms with Gasteiger partial charge < -0.3 is 15.3 Å². The van der Waals surface area contributed by atoms with Gasteiger partial charge in [0.2, 0.25) is 0 Å². The highest BCUT2D eigenvalue weighted by Crippen LogP contribution is 2.29. The second-order valence-corrected chi connectivity index (χ2v) is 5.56. The van der Waals surface area contributed by atoms with Crippen LogP contribution in [0.25, 0.3) is 0 Å². The third-order valence-electron chi connectivity index (χ3n) is 3.86. The van der Waals surface area contributed by atoms with Crippen molar-refractivity contribution in [1.29, 1.82) is 0 Å². The van der Waals surface area contributed by atoms with Gasteiger partial charge in [-0.15, -0.1) is 0 Å². The molecule has 2 N–H and O–H groups in total. The molecule has 1 unspecified atom stereocenters. The van der Waals surface area contributed by atoms with E-state index >= 15 is 0 Å². The normalized spacial score (nSPS) is 22.3. The van der Waals surface area contributed by atoms with E-state index < -0.39 is 11.5 Å². The monoisotopic (exact) mass is 262 g/mol. The number of carbonyl (C=O) groups is 1. The Labute approximate surface area is 114 Å². The molecule has 0 radical (unpaired) electrons. The summed E-state index contributed by atoms with van der Waals surface area (Å²) in [5.74, 6) is -0.735. The summed E-state index contributed by atoms with van der Waals surface area (Å²) in [7, 11) is 3.98. The van der Waals surface area contributed by atoms with Crippen LogP contribution in [0.1, 0.15) is 17.5 Å². The Bertz CT molecular complexity index is 459. The molecule has 0 aromatic heterocycles. The molecule has 0 heterocycles. The zero-order valence-corrected chi connectivity index (χ0v) is 11.6. The minimum atomic E-state index is -0.801. The summed E-state index contributed by atoms with van der Waals surface area (Å²) in [5.41, 5.74) is 1.65. The van der Waals surface area contributed by atoms with Crippen molar-refractivity contribution >= 4 is 5.97 Å². The van der Waals surface area contributed by atoms with Crippen molar-refractivity contribution in [2.45, 2.75) is 24.8 Å². The smallest absolute Gasteiger partial charge is 0.324 e. The molecule has 0 saturated heterocycles. The molecule has 104 valence electrons. The summed E-state index contributed by atoms with van der Waals surface area (Å²) in [6.07, 6.45) is 2.07. The average molecular weight is 262 g/mol. The molecule has 1 atom stereocenters. The summed E-state index contributed by atoms with van der Waals surface area (Å²) >= 11 is 0. The van der Waals surface area contributed by atoms with Gasteiger partial charge in [0.25, 0.3) is 0 Å². The summed E-state index contributed by atoms with van der Waals surface area (Å²) in [6, 6.07) is 8.14. The topological polar surface area (TPSA) is 52.6 Å². The third kappa shape index (κ3) is 3.14. The minimum Gasteiger partial charge on any atom is -0.480 e. The van der Waals surface area contributed by atoms with Gasteiger partial charge in [0.1, 0.15) is 5.54 Å². The van der Waals surface area contributed by atoms with E-state index in [0.29, 0.717) is 19.4 Å². The highest BCUT2D eigenvalue weighted by molar-refractivity contribution is 5.80. The van der Waals surface area contributed by atoms with Gasteiger partial charge in [0.15, 0.2) is 0 Å². The number of fused-ring (bicyclic) bond motifs is 1. The number of nitrogens with zero attached hydrogens (tertiary/aromatic N) is 1. The lowest BCUT2D eigenvalue weighted by Gasteiger charge is -2.35. The zero-order chi connectivity index (χ0) is 13.9. The lowest BCUT2D eigenvalue weighted by Crippen LogP contribution is -2.57. The van der Waals surface area contributed by atoms with Crippen LogP contribution in [0.5, 0.6) is 0 Å². The number of aliphatic carboxylic acids is 1. The number of hydrogen-bond donors (Lipinski definition) is 2.